The predicted molar refractivity (Wildman–Crippen MR) is 72.9 cm³/mol. The van der Waals surface area contributed by atoms with Gasteiger partial charge in [-0.05, 0) is 46.5 Å². The number of phenols is 1. The molecule has 1 aromatic carbocycles. The number of hydrogen-bond acceptors (Lipinski definition) is 4. The Kier molecular flexibility index (Phi) is 7.54. The van der Waals surface area contributed by atoms with Crippen molar-refractivity contribution in [3.8, 4) is 11.5 Å². The Bertz CT molecular complexity index is 363. The average molecular weight is 327 g/mol. The van der Waals surface area contributed by atoms with E-state index in [-0.39, 0.29) is 30.8 Å². The Morgan fingerprint density at radius 2 is 2.12 bits per heavy atom. The highest BCUT2D eigenvalue weighted by molar-refractivity contribution is 9.10. The van der Waals surface area contributed by atoms with Crippen LogP contribution >= 0.6 is 28.3 Å². The minimum Gasteiger partial charge on any atom is -0.503 e. The SMILES string of the molecule is COc1cc([C@H](N)CCCO)cc(Br)c1O.Cl. The molecule has 0 spiro atoms. The molecule has 0 saturated carbocycles. The first kappa shape index (κ1) is 16.5. The van der Waals surface area contributed by atoms with Gasteiger partial charge in [-0.25, -0.2) is 0 Å². The number of aromatic hydroxyl groups is 1. The summed E-state index contributed by atoms with van der Waals surface area (Å²) in [6, 6.07) is 3.31. The minimum atomic E-state index is -0.169. The molecule has 0 saturated heterocycles. The fourth-order valence-electron chi connectivity index (χ4n) is 1.44. The van der Waals surface area contributed by atoms with Crippen molar-refractivity contribution in [3.63, 3.8) is 0 Å². The molecule has 1 rings (SSSR count). The summed E-state index contributed by atoms with van der Waals surface area (Å²) in [5.74, 6) is 0.462. The van der Waals surface area contributed by atoms with Crippen molar-refractivity contribution in [1.82, 2.24) is 0 Å². The molecule has 1 aromatic rings. The van der Waals surface area contributed by atoms with Gasteiger partial charge in [0.05, 0.1) is 11.6 Å². The number of phenolic OH excluding ortho intramolecular Hbond substituents is 1. The van der Waals surface area contributed by atoms with Crippen LogP contribution in [0.25, 0.3) is 0 Å². The van der Waals surface area contributed by atoms with E-state index in [9.17, 15) is 5.11 Å². The largest absolute Gasteiger partial charge is 0.503 e. The first-order valence-corrected chi connectivity index (χ1v) is 5.82. The second-order valence-corrected chi connectivity index (χ2v) is 4.38. The number of ether oxygens (including phenoxy) is 1. The maximum atomic E-state index is 9.63. The molecule has 0 aliphatic carbocycles. The summed E-state index contributed by atoms with van der Waals surface area (Å²) < 4.78 is 5.59. The molecule has 0 aromatic heterocycles. The monoisotopic (exact) mass is 325 g/mol. The summed E-state index contributed by atoms with van der Waals surface area (Å²) in [5.41, 5.74) is 6.82. The summed E-state index contributed by atoms with van der Waals surface area (Å²) in [5, 5.41) is 18.4. The van der Waals surface area contributed by atoms with Gasteiger partial charge in [-0.3, -0.25) is 0 Å². The van der Waals surface area contributed by atoms with Crippen LogP contribution in [-0.4, -0.2) is 23.9 Å². The van der Waals surface area contributed by atoms with Crippen LogP contribution < -0.4 is 10.5 Å². The molecule has 0 fully saturated rings. The predicted octanol–water partition coefficient (Wildman–Crippen LogP) is 2.36. The number of aliphatic hydroxyl groups excluding tert-OH is 1. The molecule has 0 aliphatic heterocycles. The number of aliphatic hydroxyl groups is 1. The van der Waals surface area contributed by atoms with Gasteiger partial charge < -0.3 is 20.7 Å². The molecular weight excluding hydrogens is 309 g/mol. The molecular formula is C11H17BrClNO3. The summed E-state index contributed by atoms with van der Waals surface area (Å²) in [6.07, 6.45) is 1.35. The normalized spacial score (nSPS) is 11.8. The molecule has 17 heavy (non-hydrogen) atoms. The van der Waals surface area contributed by atoms with E-state index in [1.807, 2.05) is 0 Å². The Morgan fingerprint density at radius 3 is 2.65 bits per heavy atom. The number of nitrogens with two attached hydrogens (primary N) is 1. The third-order valence-electron chi connectivity index (χ3n) is 2.37. The summed E-state index contributed by atoms with van der Waals surface area (Å²) >= 11 is 3.24. The third-order valence-corrected chi connectivity index (χ3v) is 2.98. The van der Waals surface area contributed by atoms with Gasteiger partial charge in [-0.1, -0.05) is 0 Å². The van der Waals surface area contributed by atoms with Gasteiger partial charge in [-0.15, -0.1) is 12.4 Å². The van der Waals surface area contributed by atoms with Crippen LogP contribution in [0, 0.1) is 0 Å². The molecule has 0 aliphatic rings. The first-order valence-electron chi connectivity index (χ1n) is 5.03. The Balaban J connectivity index is 0.00000256. The van der Waals surface area contributed by atoms with Crippen LogP contribution in [0.4, 0.5) is 0 Å². The third kappa shape index (κ3) is 4.35. The minimum absolute atomic E-state index is 0. The standard InChI is InChI=1S/C11H16BrNO3.ClH/c1-16-10-6-7(5-8(12)11(10)15)9(13)3-2-4-14;/h5-6,9,14-15H,2-4,13H2,1H3;1H/t9-;/m1./s1. The quantitative estimate of drug-likeness (QED) is 0.776. The van der Waals surface area contributed by atoms with Gasteiger partial charge in [0.15, 0.2) is 11.5 Å². The Morgan fingerprint density at radius 1 is 1.47 bits per heavy atom. The fourth-order valence-corrected chi connectivity index (χ4v) is 1.90. The van der Waals surface area contributed by atoms with Gasteiger partial charge in [0.1, 0.15) is 0 Å². The number of halogens is 2. The fraction of sp³-hybridized carbons (Fsp3) is 0.455. The van der Waals surface area contributed by atoms with Gasteiger partial charge in [0.25, 0.3) is 0 Å². The van der Waals surface area contributed by atoms with Crippen LogP contribution in [0.1, 0.15) is 24.4 Å². The lowest BCUT2D eigenvalue weighted by atomic mass is 10.0. The van der Waals surface area contributed by atoms with E-state index in [1.54, 1.807) is 12.1 Å². The Hall–Kier alpha value is -0.490. The van der Waals surface area contributed by atoms with Gasteiger partial charge in [0, 0.05) is 12.6 Å². The molecule has 6 heteroatoms. The van der Waals surface area contributed by atoms with E-state index in [0.717, 1.165) is 5.56 Å². The van der Waals surface area contributed by atoms with E-state index >= 15 is 0 Å². The Labute approximate surface area is 115 Å². The van der Waals surface area contributed by atoms with Crippen LogP contribution in [-0.2, 0) is 0 Å². The van der Waals surface area contributed by atoms with Crippen molar-refractivity contribution in [3.05, 3.63) is 22.2 Å². The zero-order valence-electron chi connectivity index (χ0n) is 9.52. The second-order valence-electron chi connectivity index (χ2n) is 3.53. The summed E-state index contributed by atoms with van der Waals surface area (Å²) in [4.78, 5) is 0. The van der Waals surface area contributed by atoms with Gasteiger partial charge >= 0.3 is 0 Å². The molecule has 98 valence electrons. The van der Waals surface area contributed by atoms with Crippen molar-refractivity contribution in [2.45, 2.75) is 18.9 Å². The average Bonchev–Trinajstić information content (AvgIpc) is 2.29. The molecule has 1 atom stereocenters. The van der Waals surface area contributed by atoms with Crippen LogP contribution in [0.15, 0.2) is 16.6 Å². The molecule has 4 nitrogen and oxygen atoms in total. The highest BCUT2D eigenvalue weighted by Crippen LogP contribution is 2.37. The van der Waals surface area contributed by atoms with Crippen molar-refractivity contribution < 1.29 is 14.9 Å². The lowest BCUT2D eigenvalue weighted by Crippen LogP contribution is -2.11. The van der Waals surface area contributed by atoms with Crippen LogP contribution in [0.2, 0.25) is 0 Å². The number of rotatable bonds is 5. The van der Waals surface area contributed by atoms with E-state index < -0.39 is 0 Å². The van der Waals surface area contributed by atoms with E-state index in [2.05, 4.69) is 15.9 Å². The van der Waals surface area contributed by atoms with Crippen molar-refractivity contribution in [2.75, 3.05) is 13.7 Å². The maximum Gasteiger partial charge on any atom is 0.172 e. The van der Waals surface area contributed by atoms with E-state index in [0.29, 0.717) is 23.1 Å². The molecule has 0 unspecified atom stereocenters. The first-order chi connectivity index (χ1) is 7.60. The lowest BCUT2D eigenvalue weighted by Gasteiger charge is -2.14. The topological polar surface area (TPSA) is 75.7 Å². The van der Waals surface area contributed by atoms with Gasteiger partial charge in [0.2, 0.25) is 0 Å². The molecule has 0 amide bonds. The highest BCUT2D eigenvalue weighted by atomic mass is 79.9. The van der Waals surface area contributed by atoms with E-state index in [1.165, 1.54) is 7.11 Å². The zero-order valence-corrected chi connectivity index (χ0v) is 11.9. The lowest BCUT2D eigenvalue weighted by molar-refractivity contribution is 0.280. The molecule has 0 bridgehead atoms. The summed E-state index contributed by atoms with van der Waals surface area (Å²) in [6.45, 7) is 0.129. The molecule has 0 radical (unpaired) electrons. The smallest absolute Gasteiger partial charge is 0.172 e. The van der Waals surface area contributed by atoms with Crippen molar-refractivity contribution >= 4 is 28.3 Å². The van der Waals surface area contributed by atoms with Crippen molar-refractivity contribution in [2.24, 2.45) is 5.73 Å². The number of benzene rings is 1. The van der Waals surface area contributed by atoms with E-state index in [4.69, 9.17) is 15.6 Å². The van der Waals surface area contributed by atoms with Gasteiger partial charge in [-0.2, -0.15) is 0 Å². The maximum absolute atomic E-state index is 9.63. The van der Waals surface area contributed by atoms with Crippen LogP contribution in [0.5, 0.6) is 11.5 Å². The second kappa shape index (κ2) is 7.76. The number of methoxy groups -OCH3 is 1. The molecule has 0 heterocycles. The summed E-state index contributed by atoms with van der Waals surface area (Å²) in [7, 11) is 1.49. The van der Waals surface area contributed by atoms with Crippen molar-refractivity contribution in [1.29, 1.82) is 0 Å². The molecule has 4 N–H and O–H groups in total. The zero-order chi connectivity index (χ0) is 12.1. The van der Waals surface area contributed by atoms with Crippen LogP contribution in [0.3, 0.4) is 0 Å². The number of hydrogen-bond donors (Lipinski definition) is 3. The highest BCUT2D eigenvalue weighted by Gasteiger charge is 2.12.